The maximum atomic E-state index is 10.1. The van der Waals surface area contributed by atoms with Crippen molar-refractivity contribution >= 4 is 11.6 Å². The Labute approximate surface area is 141 Å². The normalized spacial score (nSPS) is 12.0. The molecule has 5 heteroatoms. The number of aliphatic hydroxyl groups is 1. The van der Waals surface area contributed by atoms with Crippen molar-refractivity contribution in [2.75, 3.05) is 20.2 Å². The summed E-state index contributed by atoms with van der Waals surface area (Å²) in [5.74, 6) is 0.684. The summed E-state index contributed by atoms with van der Waals surface area (Å²) >= 11 is 5.81. The van der Waals surface area contributed by atoms with Crippen LogP contribution >= 0.6 is 11.6 Å². The predicted molar refractivity (Wildman–Crippen MR) is 90.4 cm³/mol. The molecule has 0 aromatic heterocycles. The lowest BCUT2D eigenvalue weighted by Gasteiger charge is -2.21. The van der Waals surface area contributed by atoms with E-state index in [0.29, 0.717) is 29.4 Å². The highest BCUT2D eigenvalue weighted by Gasteiger charge is 2.10. The molecule has 0 radical (unpaired) electrons. The Bertz CT molecular complexity index is 650. The SMILES string of the molecule is CN(Cc1ccc(C#N)cc1)CC(O)COc1ccc(Cl)cc1. The molecule has 0 fully saturated rings. The number of hydrogen-bond donors (Lipinski definition) is 1. The zero-order chi connectivity index (χ0) is 16.7. The summed E-state index contributed by atoms with van der Waals surface area (Å²) in [7, 11) is 1.93. The summed E-state index contributed by atoms with van der Waals surface area (Å²) in [6.45, 7) is 1.41. The van der Waals surface area contributed by atoms with Gasteiger partial charge >= 0.3 is 0 Å². The van der Waals surface area contributed by atoms with Gasteiger partial charge in [0.25, 0.3) is 0 Å². The second-order valence-electron chi connectivity index (χ2n) is 5.42. The predicted octanol–water partition coefficient (Wildman–Crippen LogP) is 3.08. The van der Waals surface area contributed by atoms with Gasteiger partial charge in [0.15, 0.2) is 0 Å². The number of halogens is 1. The van der Waals surface area contributed by atoms with E-state index in [-0.39, 0.29) is 6.61 Å². The van der Waals surface area contributed by atoms with Crippen molar-refractivity contribution < 1.29 is 9.84 Å². The van der Waals surface area contributed by atoms with Crippen molar-refractivity contribution in [3.05, 3.63) is 64.7 Å². The number of aliphatic hydroxyl groups excluding tert-OH is 1. The largest absolute Gasteiger partial charge is 0.491 e. The first-order valence-corrected chi connectivity index (χ1v) is 7.68. The van der Waals surface area contributed by atoms with Gasteiger partial charge in [-0.2, -0.15) is 5.26 Å². The van der Waals surface area contributed by atoms with Crippen LogP contribution in [0.2, 0.25) is 5.02 Å². The number of nitrogens with zero attached hydrogens (tertiary/aromatic N) is 2. The standard InChI is InChI=1S/C18H19ClN2O2/c1-21(11-15-4-2-14(10-20)3-5-15)12-17(22)13-23-18-8-6-16(19)7-9-18/h2-9,17,22H,11-13H2,1H3. The number of benzene rings is 2. The van der Waals surface area contributed by atoms with Gasteiger partial charge in [-0.3, -0.25) is 4.90 Å². The summed E-state index contributed by atoms with van der Waals surface area (Å²) in [5, 5.41) is 19.5. The maximum Gasteiger partial charge on any atom is 0.119 e. The fourth-order valence-corrected chi connectivity index (χ4v) is 2.32. The topological polar surface area (TPSA) is 56.5 Å². The van der Waals surface area contributed by atoms with E-state index in [0.717, 1.165) is 5.56 Å². The first-order valence-electron chi connectivity index (χ1n) is 7.31. The summed E-state index contributed by atoms with van der Waals surface area (Å²) in [6.07, 6.45) is -0.589. The highest BCUT2D eigenvalue weighted by atomic mass is 35.5. The average molecular weight is 331 g/mol. The Morgan fingerprint density at radius 3 is 2.43 bits per heavy atom. The van der Waals surface area contributed by atoms with Crippen LogP contribution in [0, 0.1) is 11.3 Å². The monoisotopic (exact) mass is 330 g/mol. The van der Waals surface area contributed by atoms with E-state index in [1.54, 1.807) is 36.4 Å². The third kappa shape index (κ3) is 5.91. The molecular formula is C18H19ClN2O2. The van der Waals surface area contributed by atoms with Crippen LogP contribution < -0.4 is 4.74 Å². The number of likely N-dealkylation sites (N-methyl/N-ethyl adjacent to an activating group) is 1. The van der Waals surface area contributed by atoms with Crippen LogP contribution in [0.4, 0.5) is 0 Å². The van der Waals surface area contributed by atoms with E-state index in [1.807, 2.05) is 24.1 Å². The molecule has 0 aliphatic carbocycles. The Kier molecular flexibility index (Phi) is 6.42. The van der Waals surface area contributed by atoms with Gasteiger partial charge in [-0.15, -0.1) is 0 Å². The van der Waals surface area contributed by atoms with Crippen molar-refractivity contribution in [1.29, 1.82) is 5.26 Å². The minimum atomic E-state index is -0.589. The van der Waals surface area contributed by atoms with E-state index < -0.39 is 6.10 Å². The lowest BCUT2D eigenvalue weighted by Crippen LogP contribution is -2.32. The molecule has 0 bridgehead atoms. The average Bonchev–Trinajstić information content (AvgIpc) is 2.55. The van der Waals surface area contributed by atoms with Crippen molar-refractivity contribution in [2.45, 2.75) is 12.6 Å². The highest BCUT2D eigenvalue weighted by molar-refractivity contribution is 6.30. The van der Waals surface area contributed by atoms with Crippen LogP contribution in [0.3, 0.4) is 0 Å². The van der Waals surface area contributed by atoms with E-state index in [2.05, 4.69) is 6.07 Å². The van der Waals surface area contributed by atoms with Gasteiger partial charge in [0.2, 0.25) is 0 Å². The van der Waals surface area contributed by atoms with Crippen LogP contribution in [-0.2, 0) is 6.54 Å². The molecule has 0 aliphatic rings. The van der Waals surface area contributed by atoms with Crippen LogP contribution in [0.1, 0.15) is 11.1 Å². The van der Waals surface area contributed by atoms with Gasteiger partial charge in [0, 0.05) is 18.1 Å². The van der Waals surface area contributed by atoms with Gasteiger partial charge in [-0.1, -0.05) is 23.7 Å². The lowest BCUT2D eigenvalue weighted by atomic mass is 10.1. The molecule has 0 heterocycles. The molecule has 1 unspecified atom stereocenters. The summed E-state index contributed by atoms with van der Waals surface area (Å²) in [4.78, 5) is 2.01. The van der Waals surface area contributed by atoms with Gasteiger partial charge in [-0.05, 0) is 49.0 Å². The number of hydrogen-bond acceptors (Lipinski definition) is 4. The molecule has 0 spiro atoms. The van der Waals surface area contributed by atoms with E-state index in [4.69, 9.17) is 21.6 Å². The van der Waals surface area contributed by atoms with E-state index in [9.17, 15) is 5.11 Å². The molecule has 4 nitrogen and oxygen atoms in total. The maximum absolute atomic E-state index is 10.1. The molecule has 120 valence electrons. The van der Waals surface area contributed by atoms with Crippen LogP contribution in [0.5, 0.6) is 5.75 Å². The first kappa shape index (κ1) is 17.3. The molecule has 0 aliphatic heterocycles. The minimum absolute atomic E-state index is 0.222. The fraction of sp³-hybridized carbons (Fsp3) is 0.278. The van der Waals surface area contributed by atoms with Crippen molar-refractivity contribution in [1.82, 2.24) is 4.90 Å². The molecule has 0 amide bonds. The fourth-order valence-electron chi connectivity index (χ4n) is 2.20. The molecule has 2 rings (SSSR count). The van der Waals surface area contributed by atoms with E-state index in [1.165, 1.54) is 0 Å². The highest BCUT2D eigenvalue weighted by Crippen LogP contribution is 2.15. The Morgan fingerprint density at radius 2 is 1.83 bits per heavy atom. The molecule has 0 saturated carbocycles. The molecular weight excluding hydrogens is 312 g/mol. The van der Waals surface area contributed by atoms with E-state index >= 15 is 0 Å². The first-order chi connectivity index (χ1) is 11.1. The molecule has 1 atom stereocenters. The zero-order valence-electron chi connectivity index (χ0n) is 12.9. The third-order valence-corrected chi connectivity index (χ3v) is 3.57. The smallest absolute Gasteiger partial charge is 0.119 e. The van der Waals surface area contributed by atoms with Crippen LogP contribution in [0.25, 0.3) is 0 Å². The molecule has 1 N–H and O–H groups in total. The van der Waals surface area contributed by atoms with Crippen LogP contribution in [0.15, 0.2) is 48.5 Å². The summed E-state index contributed by atoms with van der Waals surface area (Å²) < 4.78 is 5.53. The molecule has 23 heavy (non-hydrogen) atoms. The Morgan fingerprint density at radius 1 is 1.17 bits per heavy atom. The van der Waals surface area contributed by atoms with Crippen molar-refractivity contribution in [2.24, 2.45) is 0 Å². The minimum Gasteiger partial charge on any atom is -0.491 e. The second-order valence-corrected chi connectivity index (χ2v) is 5.86. The van der Waals surface area contributed by atoms with Crippen LogP contribution in [-0.4, -0.2) is 36.3 Å². The van der Waals surface area contributed by atoms with Gasteiger partial charge < -0.3 is 9.84 Å². The second kappa shape index (κ2) is 8.54. The van der Waals surface area contributed by atoms with Gasteiger partial charge in [0.05, 0.1) is 11.6 Å². The quantitative estimate of drug-likeness (QED) is 0.847. The summed E-state index contributed by atoms with van der Waals surface area (Å²) in [6, 6.07) is 16.6. The van der Waals surface area contributed by atoms with Gasteiger partial charge in [0.1, 0.15) is 18.5 Å². The Balaban J connectivity index is 1.76. The molecule has 2 aromatic rings. The number of rotatable bonds is 7. The number of ether oxygens (including phenoxy) is 1. The van der Waals surface area contributed by atoms with Gasteiger partial charge in [-0.25, -0.2) is 0 Å². The van der Waals surface area contributed by atoms with Crippen molar-refractivity contribution in [3.63, 3.8) is 0 Å². The lowest BCUT2D eigenvalue weighted by molar-refractivity contribution is 0.0744. The van der Waals surface area contributed by atoms with Crippen molar-refractivity contribution in [3.8, 4) is 11.8 Å². The zero-order valence-corrected chi connectivity index (χ0v) is 13.7. The Hall–Kier alpha value is -2.06. The molecule has 2 aromatic carbocycles. The number of nitriles is 1. The molecule has 0 saturated heterocycles. The summed E-state index contributed by atoms with van der Waals surface area (Å²) in [5.41, 5.74) is 1.74. The third-order valence-electron chi connectivity index (χ3n) is 3.31.